The van der Waals surface area contributed by atoms with E-state index in [9.17, 15) is 4.79 Å². The van der Waals surface area contributed by atoms with Crippen molar-refractivity contribution in [3.63, 3.8) is 0 Å². The van der Waals surface area contributed by atoms with Gasteiger partial charge in [0.15, 0.2) is 0 Å². The molecule has 22 heavy (non-hydrogen) atoms. The molecule has 2 atom stereocenters. The van der Waals surface area contributed by atoms with Crippen molar-refractivity contribution in [2.45, 2.75) is 49.8 Å². The Labute approximate surface area is 137 Å². The molecule has 0 aliphatic heterocycles. The summed E-state index contributed by atoms with van der Waals surface area (Å²) in [6.45, 7) is 0.731. The number of carbonyl (C=O) groups is 1. The molecule has 4 saturated carbocycles. The quantitative estimate of drug-likeness (QED) is 0.838. The third-order valence-electron chi connectivity index (χ3n) is 6.01. The van der Waals surface area contributed by atoms with Crippen molar-refractivity contribution in [3.05, 3.63) is 35.9 Å². The van der Waals surface area contributed by atoms with E-state index in [1.807, 2.05) is 18.2 Å². The van der Waals surface area contributed by atoms with Gasteiger partial charge >= 0.3 is 0 Å². The van der Waals surface area contributed by atoms with Gasteiger partial charge in [0.25, 0.3) is 0 Å². The van der Waals surface area contributed by atoms with Crippen LogP contribution in [0.25, 0.3) is 0 Å². The zero-order valence-corrected chi connectivity index (χ0v) is 13.7. The largest absolute Gasteiger partial charge is 0.355 e. The first-order valence-corrected chi connectivity index (χ1v) is 8.96. The van der Waals surface area contributed by atoms with Crippen molar-refractivity contribution in [3.8, 4) is 0 Å². The molecule has 2 nitrogen and oxygen atoms in total. The second-order valence-corrected chi connectivity index (χ2v) is 8.69. The lowest BCUT2D eigenvalue weighted by Gasteiger charge is -2.59. The van der Waals surface area contributed by atoms with Crippen LogP contribution in [0.4, 0.5) is 0 Å². The number of rotatable bonds is 4. The maximum atomic E-state index is 12.9. The first-order chi connectivity index (χ1) is 10.6. The van der Waals surface area contributed by atoms with E-state index in [4.69, 9.17) is 11.6 Å². The maximum Gasteiger partial charge on any atom is 0.226 e. The van der Waals surface area contributed by atoms with Gasteiger partial charge in [0.1, 0.15) is 0 Å². The number of nitrogens with one attached hydrogen (secondary N) is 1. The summed E-state index contributed by atoms with van der Waals surface area (Å²) in [5, 5.41) is 3.21. The Bertz CT molecular complexity index is 556. The Balaban J connectivity index is 1.40. The molecule has 0 spiro atoms. The molecular weight excluding hydrogens is 294 g/mol. The predicted octanol–water partition coefficient (Wildman–Crippen LogP) is 3.92. The first-order valence-electron chi connectivity index (χ1n) is 8.58. The number of halogens is 1. The van der Waals surface area contributed by atoms with Crippen LogP contribution in [0.3, 0.4) is 0 Å². The van der Waals surface area contributed by atoms with Gasteiger partial charge in [-0.05, 0) is 62.3 Å². The lowest BCUT2D eigenvalue weighted by molar-refractivity contribution is -0.144. The molecule has 4 aliphatic rings. The number of carbonyl (C=O) groups excluding carboxylic acids is 1. The number of alkyl halides is 1. The van der Waals surface area contributed by atoms with Gasteiger partial charge in [0, 0.05) is 11.4 Å². The Morgan fingerprint density at radius 1 is 1.14 bits per heavy atom. The average Bonchev–Trinajstić information content (AvgIpc) is 2.45. The van der Waals surface area contributed by atoms with Crippen molar-refractivity contribution < 1.29 is 4.79 Å². The van der Waals surface area contributed by atoms with Crippen LogP contribution in [0, 0.1) is 17.3 Å². The fourth-order valence-electron chi connectivity index (χ4n) is 5.57. The molecule has 0 unspecified atom stereocenters. The molecule has 1 amide bonds. The molecule has 0 aromatic heterocycles. The highest BCUT2D eigenvalue weighted by Crippen LogP contribution is 2.63. The summed E-state index contributed by atoms with van der Waals surface area (Å²) in [5.41, 5.74) is 1.12. The Hall–Kier alpha value is -1.02. The molecule has 0 heterocycles. The number of hydrogen-bond acceptors (Lipinski definition) is 1. The number of hydrogen-bond donors (Lipinski definition) is 1. The lowest BCUT2D eigenvalue weighted by Crippen LogP contribution is -2.58. The molecule has 1 N–H and O–H groups in total. The van der Waals surface area contributed by atoms with Crippen LogP contribution in [-0.2, 0) is 11.2 Å². The standard InChI is InChI=1S/C19H24ClNO/c20-19-11-15-8-16(12-19)10-18(9-15,13-19)17(22)21-7-6-14-4-2-1-3-5-14/h1-5,15-16H,6-13H2,(H,21,22)/t15-,16-,18?,19?/m1/s1. The zero-order chi connectivity index (χ0) is 15.2. The highest BCUT2D eigenvalue weighted by molar-refractivity contribution is 6.24. The summed E-state index contributed by atoms with van der Waals surface area (Å²) < 4.78 is 0. The van der Waals surface area contributed by atoms with Crippen LogP contribution in [0.2, 0.25) is 0 Å². The van der Waals surface area contributed by atoms with Crippen LogP contribution in [0.5, 0.6) is 0 Å². The van der Waals surface area contributed by atoms with Crippen LogP contribution >= 0.6 is 11.6 Å². The van der Waals surface area contributed by atoms with Gasteiger partial charge in [0.2, 0.25) is 5.91 Å². The molecule has 1 aromatic carbocycles. The van der Waals surface area contributed by atoms with E-state index in [0.29, 0.717) is 11.8 Å². The molecule has 0 radical (unpaired) electrons. The second-order valence-electron chi connectivity index (χ2n) is 7.88. The number of amides is 1. The highest BCUT2D eigenvalue weighted by Gasteiger charge is 2.59. The molecular formula is C19H24ClNO. The van der Waals surface area contributed by atoms with Crippen LogP contribution in [-0.4, -0.2) is 17.3 Å². The first kappa shape index (κ1) is 14.6. The molecule has 5 rings (SSSR count). The minimum absolute atomic E-state index is 0.0825. The van der Waals surface area contributed by atoms with Crippen molar-refractivity contribution in [1.82, 2.24) is 5.32 Å². The van der Waals surface area contributed by atoms with E-state index >= 15 is 0 Å². The van der Waals surface area contributed by atoms with Crippen molar-refractivity contribution in [1.29, 1.82) is 0 Å². The zero-order valence-electron chi connectivity index (χ0n) is 13.0. The monoisotopic (exact) mass is 317 g/mol. The predicted molar refractivity (Wildman–Crippen MR) is 88.9 cm³/mol. The van der Waals surface area contributed by atoms with Gasteiger partial charge in [-0.15, -0.1) is 11.6 Å². The Morgan fingerprint density at radius 3 is 2.45 bits per heavy atom. The van der Waals surface area contributed by atoms with Crippen LogP contribution in [0.1, 0.15) is 44.1 Å². The Kier molecular flexibility index (Phi) is 3.48. The molecule has 1 aromatic rings. The van der Waals surface area contributed by atoms with E-state index in [0.717, 1.165) is 45.1 Å². The highest BCUT2D eigenvalue weighted by atomic mass is 35.5. The summed E-state index contributed by atoms with van der Waals surface area (Å²) in [6, 6.07) is 10.4. The third kappa shape index (κ3) is 2.56. The van der Waals surface area contributed by atoms with E-state index < -0.39 is 0 Å². The summed E-state index contributed by atoms with van der Waals surface area (Å²) in [6.07, 6.45) is 7.49. The smallest absolute Gasteiger partial charge is 0.226 e. The van der Waals surface area contributed by atoms with Gasteiger partial charge < -0.3 is 5.32 Å². The van der Waals surface area contributed by atoms with E-state index in [1.165, 1.54) is 12.0 Å². The minimum atomic E-state index is -0.164. The van der Waals surface area contributed by atoms with Crippen LogP contribution < -0.4 is 5.32 Å². The molecule has 4 aliphatic carbocycles. The fraction of sp³-hybridized carbons (Fsp3) is 0.632. The average molecular weight is 318 g/mol. The van der Waals surface area contributed by atoms with Crippen molar-refractivity contribution in [2.75, 3.05) is 6.54 Å². The summed E-state index contributed by atoms with van der Waals surface area (Å²) in [4.78, 5) is 12.8. The van der Waals surface area contributed by atoms with Crippen LogP contribution in [0.15, 0.2) is 30.3 Å². The molecule has 118 valence electrons. The van der Waals surface area contributed by atoms with Gasteiger partial charge in [0.05, 0.1) is 5.41 Å². The molecule has 4 fully saturated rings. The fourth-order valence-corrected chi connectivity index (χ4v) is 6.26. The third-order valence-corrected chi connectivity index (χ3v) is 6.46. The molecule has 0 saturated heterocycles. The summed E-state index contributed by atoms with van der Waals surface area (Å²) in [7, 11) is 0. The van der Waals surface area contributed by atoms with Gasteiger partial charge in [-0.1, -0.05) is 30.3 Å². The van der Waals surface area contributed by atoms with Gasteiger partial charge in [-0.25, -0.2) is 0 Å². The Morgan fingerprint density at radius 2 is 1.82 bits per heavy atom. The van der Waals surface area contributed by atoms with E-state index in [1.54, 1.807) is 0 Å². The maximum absolute atomic E-state index is 12.9. The van der Waals surface area contributed by atoms with Crippen molar-refractivity contribution >= 4 is 17.5 Å². The number of benzene rings is 1. The van der Waals surface area contributed by atoms with Crippen molar-refractivity contribution in [2.24, 2.45) is 17.3 Å². The second kappa shape index (κ2) is 5.26. The lowest BCUT2D eigenvalue weighted by atomic mass is 9.49. The van der Waals surface area contributed by atoms with E-state index in [-0.39, 0.29) is 16.2 Å². The topological polar surface area (TPSA) is 29.1 Å². The SMILES string of the molecule is O=C(NCCc1ccccc1)C12C[C@H]3C[C@@H](CC(Cl)(C3)C1)C2. The molecule has 3 heteroatoms. The minimum Gasteiger partial charge on any atom is -0.355 e. The normalized spacial score (nSPS) is 39.0. The van der Waals surface area contributed by atoms with Gasteiger partial charge in [-0.3, -0.25) is 4.79 Å². The van der Waals surface area contributed by atoms with E-state index in [2.05, 4.69) is 17.4 Å². The molecule has 4 bridgehead atoms. The summed E-state index contributed by atoms with van der Waals surface area (Å²) in [5.74, 6) is 1.62. The van der Waals surface area contributed by atoms with Gasteiger partial charge in [-0.2, -0.15) is 0 Å². The summed E-state index contributed by atoms with van der Waals surface area (Å²) >= 11 is 6.81.